The molecule has 6 nitrogen and oxygen atoms in total. The minimum atomic E-state index is -0.883. The monoisotopic (exact) mass is 340 g/mol. The second kappa shape index (κ2) is 5.18. The Labute approximate surface area is 143 Å². The Morgan fingerprint density at radius 3 is 2.50 bits per heavy atom. The molecule has 1 spiro atoms. The molecule has 0 N–H and O–H groups in total. The normalized spacial score (nSPS) is 42.7. The SMILES string of the molecule is CCOC(=O)[C@@H]1OC(C)(C)O[C@]12CC[C@@]1(C)OC(=O)C[C@@H]1C2(C)C. The maximum atomic E-state index is 12.6. The Morgan fingerprint density at radius 1 is 1.21 bits per heavy atom. The summed E-state index contributed by atoms with van der Waals surface area (Å²) in [4.78, 5) is 24.6. The van der Waals surface area contributed by atoms with Crippen LogP contribution >= 0.6 is 0 Å². The first-order valence-corrected chi connectivity index (χ1v) is 8.74. The molecule has 2 aliphatic heterocycles. The summed E-state index contributed by atoms with van der Waals surface area (Å²) >= 11 is 0. The largest absolute Gasteiger partial charge is 0.464 e. The van der Waals surface area contributed by atoms with Crippen LogP contribution in [0.25, 0.3) is 0 Å². The summed E-state index contributed by atoms with van der Waals surface area (Å²) in [5.74, 6) is -1.50. The van der Waals surface area contributed by atoms with Crippen LogP contribution in [0.3, 0.4) is 0 Å². The molecule has 1 saturated carbocycles. The molecule has 2 heterocycles. The fourth-order valence-corrected chi connectivity index (χ4v) is 5.05. The quantitative estimate of drug-likeness (QED) is 0.720. The van der Waals surface area contributed by atoms with Gasteiger partial charge in [0.2, 0.25) is 0 Å². The van der Waals surface area contributed by atoms with E-state index >= 15 is 0 Å². The van der Waals surface area contributed by atoms with E-state index < -0.39 is 34.5 Å². The van der Waals surface area contributed by atoms with Crippen LogP contribution in [-0.2, 0) is 28.5 Å². The fourth-order valence-electron chi connectivity index (χ4n) is 5.05. The standard InChI is InChI=1S/C18H28O6/c1-7-21-14(20)13-18(24-16(4,5)23-13)9-8-17(6)11(15(18,2)3)10-12(19)22-17/h11,13H,7-10H2,1-6H3/t11-,13+,17-,18-/m1/s1. The summed E-state index contributed by atoms with van der Waals surface area (Å²) in [6, 6.07) is 0. The van der Waals surface area contributed by atoms with Crippen LogP contribution in [-0.4, -0.2) is 41.6 Å². The summed E-state index contributed by atoms with van der Waals surface area (Å²) in [7, 11) is 0. The molecule has 3 rings (SSSR count). The maximum absolute atomic E-state index is 12.6. The van der Waals surface area contributed by atoms with Crippen LogP contribution in [0.1, 0.15) is 60.8 Å². The molecule has 1 aliphatic carbocycles. The highest BCUT2D eigenvalue weighted by Gasteiger charge is 2.72. The number of hydrogen-bond donors (Lipinski definition) is 0. The average molecular weight is 340 g/mol. The van der Waals surface area contributed by atoms with Crippen molar-refractivity contribution in [2.75, 3.05) is 6.61 Å². The lowest BCUT2D eigenvalue weighted by atomic mass is 9.53. The number of rotatable bonds is 2. The summed E-state index contributed by atoms with van der Waals surface area (Å²) < 4.78 is 23.2. The molecular weight excluding hydrogens is 312 g/mol. The van der Waals surface area contributed by atoms with E-state index in [1.165, 1.54) is 0 Å². The number of carbonyl (C=O) groups is 2. The van der Waals surface area contributed by atoms with Gasteiger partial charge in [-0.05, 0) is 40.5 Å². The van der Waals surface area contributed by atoms with Crippen molar-refractivity contribution in [1.82, 2.24) is 0 Å². The van der Waals surface area contributed by atoms with Crippen LogP contribution in [0, 0.1) is 11.3 Å². The van der Waals surface area contributed by atoms with Crippen molar-refractivity contribution >= 4 is 11.9 Å². The summed E-state index contributed by atoms with van der Waals surface area (Å²) in [6.07, 6.45) is 0.752. The van der Waals surface area contributed by atoms with Gasteiger partial charge in [0, 0.05) is 11.3 Å². The van der Waals surface area contributed by atoms with Crippen molar-refractivity contribution in [2.45, 2.75) is 83.9 Å². The van der Waals surface area contributed by atoms with Gasteiger partial charge in [0.25, 0.3) is 0 Å². The van der Waals surface area contributed by atoms with Crippen LogP contribution in [0.4, 0.5) is 0 Å². The highest BCUT2D eigenvalue weighted by molar-refractivity contribution is 5.78. The molecule has 136 valence electrons. The van der Waals surface area contributed by atoms with E-state index in [4.69, 9.17) is 18.9 Å². The summed E-state index contributed by atoms with van der Waals surface area (Å²) in [5, 5.41) is 0. The molecule has 24 heavy (non-hydrogen) atoms. The van der Waals surface area contributed by atoms with Gasteiger partial charge in [0.15, 0.2) is 11.9 Å². The number of hydrogen-bond acceptors (Lipinski definition) is 6. The Bertz CT molecular complexity index is 568. The van der Waals surface area contributed by atoms with Crippen molar-refractivity contribution in [3.63, 3.8) is 0 Å². The van der Waals surface area contributed by atoms with Gasteiger partial charge in [-0.25, -0.2) is 4.79 Å². The lowest BCUT2D eigenvalue weighted by Crippen LogP contribution is -2.64. The van der Waals surface area contributed by atoms with Crippen LogP contribution in [0.2, 0.25) is 0 Å². The molecule has 4 atom stereocenters. The zero-order valence-corrected chi connectivity index (χ0v) is 15.4. The van der Waals surface area contributed by atoms with Crippen molar-refractivity contribution in [3.05, 3.63) is 0 Å². The minimum Gasteiger partial charge on any atom is -0.464 e. The van der Waals surface area contributed by atoms with E-state index in [0.717, 1.165) is 0 Å². The number of carbonyl (C=O) groups excluding carboxylic acids is 2. The third kappa shape index (κ3) is 2.30. The zero-order chi connectivity index (χ0) is 18.0. The number of esters is 2. The Balaban J connectivity index is 2.04. The average Bonchev–Trinajstić information content (AvgIpc) is 2.91. The van der Waals surface area contributed by atoms with Gasteiger partial charge in [0.05, 0.1) is 13.0 Å². The Morgan fingerprint density at radius 2 is 1.88 bits per heavy atom. The molecule has 0 aromatic heterocycles. The first-order chi connectivity index (χ1) is 11.0. The molecule has 0 bridgehead atoms. The lowest BCUT2D eigenvalue weighted by molar-refractivity contribution is -0.229. The van der Waals surface area contributed by atoms with E-state index in [1.807, 2.05) is 34.6 Å². The molecule has 3 fully saturated rings. The van der Waals surface area contributed by atoms with E-state index in [0.29, 0.717) is 25.9 Å². The first kappa shape index (κ1) is 17.7. The van der Waals surface area contributed by atoms with Gasteiger partial charge in [-0.3, -0.25) is 4.79 Å². The molecule has 3 aliphatic rings. The molecular formula is C18H28O6. The van der Waals surface area contributed by atoms with Crippen molar-refractivity contribution in [3.8, 4) is 0 Å². The molecule has 0 amide bonds. The second-order valence-corrected chi connectivity index (χ2v) is 8.41. The molecule has 6 heteroatoms. The van der Waals surface area contributed by atoms with Gasteiger partial charge in [-0.1, -0.05) is 13.8 Å². The zero-order valence-electron chi connectivity index (χ0n) is 15.4. The summed E-state index contributed by atoms with van der Waals surface area (Å²) in [6.45, 7) is 11.8. The lowest BCUT2D eigenvalue weighted by Gasteiger charge is -2.56. The van der Waals surface area contributed by atoms with Crippen molar-refractivity contribution in [1.29, 1.82) is 0 Å². The number of ether oxygens (including phenoxy) is 4. The highest BCUT2D eigenvalue weighted by Crippen LogP contribution is 2.63. The van der Waals surface area contributed by atoms with Crippen LogP contribution in [0.15, 0.2) is 0 Å². The van der Waals surface area contributed by atoms with Crippen LogP contribution < -0.4 is 0 Å². The third-order valence-electron chi connectivity index (χ3n) is 6.16. The van der Waals surface area contributed by atoms with E-state index in [1.54, 1.807) is 6.92 Å². The van der Waals surface area contributed by atoms with Gasteiger partial charge in [-0.2, -0.15) is 0 Å². The molecule has 2 saturated heterocycles. The van der Waals surface area contributed by atoms with E-state index in [9.17, 15) is 9.59 Å². The molecule has 0 aromatic carbocycles. The van der Waals surface area contributed by atoms with Crippen molar-refractivity contribution in [2.24, 2.45) is 11.3 Å². The first-order valence-electron chi connectivity index (χ1n) is 8.74. The maximum Gasteiger partial charge on any atom is 0.338 e. The fraction of sp³-hybridized carbons (Fsp3) is 0.889. The third-order valence-corrected chi connectivity index (χ3v) is 6.16. The molecule has 0 aromatic rings. The molecule has 0 radical (unpaired) electrons. The Hall–Kier alpha value is -1.14. The molecule has 0 unspecified atom stereocenters. The smallest absolute Gasteiger partial charge is 0.338 e. The number of fused-ring (bicyclic) bond motifs is 1. The topological polar surface area (TPSA) is 71.1 Å². The van der Waals surface area contributed by atoms with E-state index in [-0.39, 0.29) is 11.9 Å². The highest BCUT2D eigenvalue weighted by atomic mass is 16.8. The summed E-state index contributed by atoms with van der Waals surface area (Å²) in [5.41, 5.74) is -1.83. The van der Waals surface area contributed by atoms with Gasteiger partial charge >= 0.3 is 11.9 Å². The van der Waals surface area contributed by atoms with Gasteiger partial charge in [0.1, 0.15) is 11.2 Å². The Kier molecular flexibility index (Phi) is 3.81. The predicted octanol–water partition coefficient (Wildman–Crippen LogP) is 2.58. The van der Waals surface area contributed by atoms with Crippen LogP contribution in [0.5, 0.6) is 0 Å². The predicted molar refractivity (Wildman–Crippen MR) is 85.0 cm³/mol. The van der Waals surface area contributed by atoms with Gasteiger partial charge in [-0.15, -0.1) is 0 Å². The van der Waals surface area contributed by atoms with E-state index in [2.05, 4.69) is 0 Å². The second-order valence-electron chi connectivity index (χ2n) is 8.41. The minimum absolute atomic E-state index is 0.0410. The van der Waals surface area contributed by atoms with Crippen molar-refractivity contribution < 1.29 is 28.5 Å². The van der Waals surface area contributed by atoms with Gasteiger partial charge < -0.3 is 18.9 Å².